The zero-order chi connectivity index (χ0) is 13.8. The summed E-state index contributed by atoms with van der Waals surface area (Å²) in [6, 6.07) is 0.569. The quantitative estimate of drug-likeness (QED) is 0.842. The molecule has 0 amide bonds. The normalized spacial score (nSPS) is 14.2. The molecule has 18 heavy (non-hydrogen) atoms. The van der Waals surface area contributed by atoms with Gasteiger partial charge in [-0.1, -0.05) is 34.6 Å². The molecule has 0 aliphatic heterocycles. The van der Waals surface area contributed by atoms with Gasteiger partial charge >= 0.3 is 0 Å². The van der Waals surface area contributed by atoms with Crippen LogP contribution in [0.15, 0.2) is 5.51 Å². The Balaban J connectivity index is 2.54. The van der Waals surface area contributed by atoms with E-state index in [1.165, 1.54) is 17.0 Å². The van der Waals surface area contributed by atoms with Crippen molar-refractivity contribution in [1.82, 2.24) is 10.3 Å². The maximum absolute atomic E-state index is 4.33. The van der Waals surface area contributed by atoms with E-state index in [-0.39, 0.29) is 0 Å². The topological polar surface area (TPSA) is 24.9 Å². The molecular weight excluding hydrogens is 240 g/mol. The van der Waals surface area contributed by atoms with Crippen LogP contribution in [0.4, 0.5) is 0 Å². The molecule has 0 radical (unpaired) electrons. The molecule has 1 aromatic heterocycles. The lowest BCUT2D eigenvalue weighted by Gasteiger charge is -2.31. The molecule has 104 valence electrons. The van der Waals surface area contributed by atoms with Crippen molar-refractivity contribution >= 4 is 11.3 Å². The highest BCUT2D eigenvalue weighted by Crippen LogP contribution is 2.30. The number of nitrogens with zero attached hydrogens (tertiary/aromatic N) is 1. The molecular formula is C15H28N2S. The van der Waals surface area contributed by atoms with Crippen LogP contribution in [0.25, 0.3) is 0 Å². The number of nitrogens with one attached hydrogen (secondary N) is 1. The zero-order valence-electron chi connectivity index (χ0n) is 12.7. The lowest BCUT2D eigenvalue weighted by atomic mass is 9.78. The summed E-state index contributed by atoms with van der Waals surface area (Å²) in [7, 11) is 0. The van der Waals surface area contributed by atoms with E-state index in [2.05, 4.69) is 51.8 Å². The predicted molar refractivity (Wildman–Crippen MR) is 81.3 cm³/mol. The minimum Gasteiger partial charge on any atom is -0.314 e. The summed E-state index contributed by atoms with van der Waals surface area (Å²) < 4.78 is 0. The van der Waals surface area contributed by atoms with Crippen LogP contribution >= 0.6 is 11.3 Å². The first-order valence-electron chi connectivity index (χ1n) is 6.93. The van der Waals surface area contributed by atoms with Gasteiger partial charge in [0.1, 0.15) is 0 Å². The number of hydrogen-bond acceptors (Lipinski definition) is 3. The van der Waals surface area contributed by atoms with Crippen molar-refractivity contribution in [3.05, 3.63) is 16.1 Å². The van der Waals surface area contributed by atoms with Crippen LogP contribution in [0.5, 0.6) is 0 Å². The van der Waals surface area contributed by atoms with Crippen LogP contribution in [-0.2, 0) is 6.42 Å². The molecule has 1 atom stereocenters. The lowest BCUT2D eigenvalue weighted by molar-refractivity contribution is 0.215. The average molecular weight is 268 g/mol. The van der Waals surface area contributed by atoms with Gasteiger partial charge in [0.05, 0.1) is 11.2 Å². The summed E-state index contributed by atoms with van der Waals surface area (Å²) in [5, 5.41) is 3.58. The van der Waals surface area contributed by atoms with Gasteiger partial charge in [-0.25, -0.2) is 4.98 Å². The Bertz CT molecular complexity index is 350. The molecule has 0 saturated heterocycles. The fourth-order valence-electron chi connectivity index (χ4n) is 2.09. The predicted octanol–water partition coefficient (Wildman–Crippen LogP) is 4.04. The second-order valence-corrected chi connectivity index (χ2v) is 7.46. The standard InChI is InChI=1S/C15H28N2S/c1-11(2)16-9-13(15(4,5)6)7-8-14-12(3)17-10-18-14/h10-11,13,16H,7-9H2,1-6H3. The van der Waals surface area contributed by atoms with Crippen molar-refractivity contribution in [2.75, 3.05) is 6.54 Å². The van der Waals surface area contributed by atoms with Crippen molar-refractivity contribution in [1.29, 1.82) is 0 Å². The first kappa shape index (κ1) is 15.6. The maximum Gasteiger partial charge on any atom is 0.0797 e. The zero-order valence-corrected chi connectivity index (χ0v) is 13.5. The first-order valence-corrected chi connectivity index (χ1v) is 7.81. The van der Waals surface area contributed by atoms with Crippen LogP contribution < -0.4 is 5.32 Å². The van der Waals surface area contributed by atoms with Crippen molar-refractivity contribution in [2.24, 2.45) is 11.3 Å². The molecule has 0 bridgehead atoms. The van der Waals surface area contributed by atoms with Gasteiger partial charge in [-0.2, -0.15) is 0 Å². The van der Waals surface area contributed by atoms with Crippen molar-refractivity contribution in [2.45, 2.75) is 60.4 Å². The summed E-state index contributed by atoms with van der Waals surface area (Å²) in [4.78, 5) is 5.79. The molecule has 0 aliphatic rings. The van der Waals surface area contributed by atoms with E-state index >= 15 is 0 Å². The number of aromatic nitrogens is 1. The van der Waals surface area contributed by atoms with E-state index < -0.39 is 0 Å². The molecule has 0 saturated carbocycles. The van der Waals surface area contributed by atoms with E-state index in [0.717, 1.165) is 13.0 Å². The summed E-state index contributed by atoms with van der Waals surface area (Å²) in [6.45, 7) is 14.7. The van der Waals surface area contributed by atoms with E-state index in [4.69, 9.17) is 0 Å². The monoisotopic (exact) mass is 268 g/mol. The third-order valence-corrected chi connectivity index (χ3v) is 4.56. The summed E-state index contributed by atoms with van der Waals surface area (Å²) in [5.74, 6) is 0.710. The summed E-state index contributed by atoms with van der Waals surface area (Å²) in [5.41, 5.74) is 3.54. The van der Waals surface area contributed by atoms with Crippen LogP contribution in [0, 0.1) is 18.3 Å². The van der Waals surface area contributed by atoms with Gasteiger partial charge in [0.25, 0.3) is 0 Å². The van der Waals surface area contributed by atoms with Gasteiger partial charge in [0.2, 0.25) is 0 Å². The van der Waals surface area contributed by atoms with E-state index in [0.29, 0.717) is 17.4 Å². The van der Waals surface area contributed by atoms with Gasteiger partial charge in [-0.05, 0) is 37.6 Å². The van der Waals surface area contributed by atoms with Gasteiger partial charge in [-0.15, -0.1) is 11.3 Å². The van der Waals surface area contributed by atoms with Crippen LogP contribution in [0.1, 0.15) is 51.6 Å². The van der Waals surface area contributed by atoms with Crippen molar-refractivity contribution in [3.63, 3.8) is 0 Å². The highest BCUT2D eigenvalue weighted by Gasteiger charge is 2.24. The molecule has 1 rings (SSSR count). The van der Waals surface area contributed by atoms with Crippen LogP contribution in [-0.4, -0.2) is 17.6 Å². The molecule has 3 heteroatoms. The Hall–Kier alpha value is -0.410. The summed E-state index contributed by atoms with van der Waals surface area (Å²) >= 11 is 1.80. The fraction of sp³-hybridized carbons (Fsp3) is 0.800. The SMILES string of the molecule is Cc1ncsc1CCC(CNC(C)C)C(C)(C)C. The van der Waals surface area contributed by atoms with Gasteiger partial charge in [0, 0.05) is 10.9 Å². The molecule has 0 fully saturated rings. The van der Waals surface area contributed by atoms with Crippen LogP contribution in [0.3, 0.4) is 0 Å². The Morgan fingerprint density at radius 3 is 2.44 bits per heavy atom. The molecule has 1 N–H and O–H groups in total. The average Bonchev–Trinajstić information content (AvgIpc) is 2.61. The highest BCUT2D eigenvalue weighted by molar-refractivity contribution is 7.09. The Labute approximate surface area is 116 Å². The minimum atomic E-state index is 0.362. The fourth-order valence-corrected chi connectivity index (χ4v) is 2.89. The Morgan fingerprint density at radius 2 is 2.00 bits per heavy atom. The smallest absolute Gasteiger partial charge is 0.0797 e. The van der Waals surface area contributed by atoms with Gasteiger partial charge in [0.15, 0.2) is 0 Å². The highest BCUT2D eigenvalue weighted by atomic mass is 32.1. The Kier molecular flexibility index (Phi) is 5.80. The molecule has 1 unspecified atom stereocenters. The number of thiazole rings is 1. The van der Waals surface area contributed by atoms with Crippen LogP contribution in [0.2, 0.25) is 0 Å². The first-order chi connectivity index (χ1) is 8.30. The molecule has 0 aromatic carbocycles. The van der Waals surface area contributed by atoms with E-state index in [1.807, 2.05) is 5.51 Å². The maximum atomic E-state index is 4.33. The van der Waals surface area contributed by atoms with E-state index in [1.54, 1.807) is 11.3 Å². The second kappa shape index (κ2) is 6.67. The lowest BCUT2D eigenvalue weighted by Crippen LogP contribution is -2.35. The molecule has 1 heterocycles. The Morgan fingerprint density at radius 1 is 1.33 bits per heavy atom. The second-order valence-electron chi connectivity index (χ2n) is 6.53. The number of aryl methyl sites for hydroxylation is 2. The van der Waals surface area contributed by atoms with E-state index in [9.17, 15) is 0 Å². The molecule has 1 aromatic rings. The van der Waals surface area contributed by atoms with Crippen molar-refractivity contribution < 1.29 is 0 Å². The molecule has 0 aliphatic carbocycles. The third-order valence-electron chi connectivity index (χ3n) is 3.56. The van der Waals surface area contributed by atoms with Gasteiger partial charge in [-0.3, -0.25) is 0 Å². The number of rotatable bonds is 6. The largest absolute Gasteiger partial charge is 0.314 e. The van der Waals surface area contributed by atoms with Gasteiger partial charge < -0.3 is 5.32 Å². The van der Waals surface area contributed by atoms with Crippen molar-refractivity contribution in [3.8, 4) is 0 Å². The summed E-state index contributed by atoms with van der Waals surface area (Å²) in [6.07, 6.45) is 2.41. The number of hydrogen-bond donors (Lipinski definition) is 1. The molecule has 2 nitrogen and oxygen atoms in total. The molecule has 0 spiro atoms. The third kappa shape index (κ3) is 5.07. The minimum absolute atomic E-state index is 0.362.